The van der Waals surface area contributed by atoms with Gasteiger partial charge in [-0.05, 0) is 13.0 Å². The van der Waals surface area contributed by atoms with E-state index in [-0.39, 0.29) is 12.2 Å². The van der Waals surface area contributed by atoms with E-state index in [2.05, 4.69) is 0 Å². The topological polar surface area (TPSA) is 38.8 Å². The Balaban J connectivity index is 2.27. The summed E-state index contributed by atoms with van der Waals surface area (Å²) in [4.78, 5) is 10.2. The Morgan fingerprint density at radius 1 is 1.46 bits per heavy atom. The molecule has 1 heterocycles. The SMILES string of the molecule is CC1OC1c1ccccc1OC=O. The molecule has 0 bridgehead atoms. The third-order valence-corrected chi connectivity index (χ3v) is 2.11. The Labute approximate surface area is 76.3 Å². The zero-order valence-electron chi connectivity index (χ0n) is 7.27. The van der Waals surface area contributed by atoms with Gasteiger partial charge in [-0.2, -0.15) is 0 Å². The lowest BCUT2D eigenvalue weighted by molar-refractivity contribution is -0.120. The highest BCUT2D eigenvalue weighted by Crippen LogP contribution is 2.42. The van der Waals surface area contributed by atoms with Crippen LogP contribution in [-0.4, -0.2) is 12.6 Å². The highest BCUT2D eigenvalue weighted by Gasteiger charge is 2.37. The average Bonchev–Trinajstić information content (AvgIpc) is 2.84. The molecule has 1 aliphatic heterocycles. The minimum absolute atomic E-state index is 0.0937. The fourth-order valence-electron chi connectivity index (χ4n) is 1.39. The fourth-order valence-corrected chi connectivity index (χ4v) is 1.39. The van der Waals surface area contributed by atoms with Crippen molar-refractivity contribution < 1.29 is 14.3 Å². The second-order valence-electron chi connectivity index (χ2n) is 3.01. The van der Waals surface area contributed by atoms with Crippen molar-refractivity contribution in [3.05, 3.63) is 29.8 Å². The Kier molecular flexibility index (Phi) is 2.02. The van der Waals surface area contributed by atoms with Gasteiger partial charge in [0.25, 0.3) is 6.47 Å². The van der Waals surface area contributed by atoms with Crippen LogP contribution < -0.4 is 4.74 Å². The first kappa shape index (κ1) is 8.26. The van der Waals surface area contributed by atoms with Crippen molar-refractivity contribution in [1.82, 2.24) is 0 Å². The Morgan fingerprint density at radius 2 is 2.15 bits per heavy atom. The summed E-state index contributed by atoms with van der Waals surface area (Å²) in [5, 5.41) is 0. The molecule has 0 spiro atoms. The van der Waals surface area contributed by atoms with Gasteiger partial charge in [0.15, 0.2) is 0 Å². The molecule has 1 saturated heterocycles. The van der Waals surface area contributed by atoms with Crippen LogP contribution in [-0.2, 0) is 9.53 Å². The van der Waals surface area contributed by atoms with Crippen LogP contribution in [0.3, 0.4) is 0 Å². The van der Waals surface area contributed by atoms with E-state index in [1.165, 1.54) is 0 Å². The van der Waals surface area contributed by atoms with Crippen LogP contribution in [0.15, 0.2) is 24.3 Å². The molecule has 68 valence electrons. The van der Waals surface area contributed by atoms with Crippen molar-refractivity contribution >= 4 is 6.47 Å². The monoisotopic (exact) mass is 178 g/mol. The number of rotatable bonds is 3. The van der Waals surface area contributed by atoms with Gasteiger partial charge >= 0.3 is 0 Å². The number of hydrogen-bond acceptors (Lipinski definition) is 3. The zero-order valence-corrected chi connectivity index (χ0v) is 7.27. The van der Waals surface area contributed by atoms with Gasteiger partial charge in [-0.25, -0.2) is 0 Å². The van der Waals surface area contributed by atoms with Gasteiger partial charge in [-0.15, -0.1) is 0 Å². The van der Waals surface area contributed by atoms with Crippen LogP contribution >= 0.6 is 0 Å². The standard InChI is InChI=1S/C10H10O3/c1-7-10(13-7)8-4-2-3-5-9(8)12-6-11/h2-7,10H,1H3. The van der Waals surface area contributed by atoms with Crippen molar-refractivity contribution in [2.75, 3.05) is 0 Å². The molecule has 0 N–H and O–H groups in total. The molecule has 0 radical (unpaired) electrons. The minimum Gasteiger partial charge on any atom is -0.428 e. The Bertz CT molecular complexity index is 322. The average molecular weight is 178 g/mol. The lowest BCUT2D eigenvalue weighted by Gasteiger charge is -2.02. The molecule has 1 aromatic carbocycles. The van der Waals surface area contributed by atoms with Gasteiger partial charge in [0.2, 0.25) is 0 Å². The summed E-state index contributed by atoms with van der Waals surface area (Å²) in [6, 6.07) is 7.40. The number of hydrogen-bond donors (Lipinski definition) is 0. The van der Waals surface area contributed by atoms with Gasteiger partial charge in [-0.3, -0.25) is 4.79 Å². The number of para-hydroxylation sites is 1. The minimum atomic E-state index is 0.0937. The molecule has 3 heteroatoms. The molecule has 13 heavy (non-hydrogen) atoms. The predicted molar refractivity (Wildman–Crippen MR) is 46.4 cm³/mol. The fraction of sp³-hybridized carbons (Fsp3) is 0.300. The number of benzene rings is 1. The number of carbonyl (C=O) groups excluding carboxylic acids is 1. The van der Waals surface area contributed by atoms with Crippen LogP contribution in [0.2, 0.25) is 0 Å². The van der Waals surface area contributed by atoms with Crippen molar-refractivity contribution in [2.45, 2.75) is 19.1 Å². The second-order valence-corrected chi connectivity index (χ2v) is 3.01. The van der Waals surface area contributed by atoms with Gasteiger partial charge in [0, 0.05) is 5.56 Å². The molecular formula is C10H10O3. The molecule has 1 aliphatic rings. The Morgan fingerprint density at radius 3 is 2.77 bits per heavy atom. The predicted octanol–water partition coefficient (Wildman–Crippen LogP) is 1.68. The number of carbonyl (C=O) groups is 1. The Hall–Kier alpha value is -1.35. The summed E-state index contributed by atoms with van der Waals surface area (Å²) < 4.78 is 10.1. The van der Waals surface area contributed by atoms with Crippen molar-refractivity contribution in [3.63, 3.8) is 0 Å². The van der Waals surface area contributed by atoms with E-state index in [1.54, 1.807) is 6.07 Å². The molecule has 3 nitrogen and oxygen atoms in total. The van der Waals surface area contributed by atoms with Gasteiger partial charge < -0.3 is 9.47 Å². The summed E-state index contributed by atoms with van der Waals surface area (Å²) >= 11 is 0. The first-order valence-electron chi connectivity index (χ1n) is 4.17. The smallest absolute Gasteiger partial charge is 0.298 e. The van der Waals surface area contributed by atoms with Crippen LogP contribution in [0.4, 0.5) is 0 Å². The van der Waals surface area contributed by atoms with Gasteiger partial charge in [0.1, 0.15) is 11.9 Å². The largest absolute Gasteiger partial charge is 0.428 e. The maximum Gasteiger partial charge on any atom is 0.298 e. The van der Waals surface area contributed by atoms with E-state index in [1.807, 2.05) is 25.1 Å². The number of ether oxygens (including phenoxy) is 2. The van der Waals surface area contributed by atoms with Crippen LogP contribution in [0.1, 0.15) is 18.6 Å². The third kappa shape index (κ3) is 1.55. The van der Waals surface area contributed by atoms with Crippen LogP contribution in [0, 0.1) is 0 Å². The highest BCUT2D eigenvalue weighted by molar-refractivity contribution is 5.49. The lowest BCUT2D eigenvalue weighted by Crippen LogP contribution is -1.94. The van der Waals surface area contributed by atoms with Gasteiger partial charge in [-0.1, -0.05) is 18.2 Å². The van der Waals surface area contributed by atoms with E-state index < -0.39 is 0 Å². The first-order chi connectivity index (χ1) is 6.33. The molecular weight excluding hydrogens is 168 g/mol. The molecule has 2 rings (SSSR count). The van der Waals surface area contributed by atoms with Crippen molar-refractivity contribution in [2.24, 2.45) is 0 Å². The van der Waals surface area contributed by atoms with E-state index in [4.69, 9.17) is 9.47 Å². The molecule has 2 atom stereocenters. The van der Waals surface area contributed by atoms with Crippen LogP contribution in [0.5, 0.6) is 5.75 Å². The number of epoxide rings is 1. The zero-order chi connectivity index (χ0) is 9.26. The van der Waals surface area contributed by atoms with E-state index in [0.717, 1.165) is 5.56 Å². The van der Waals surface area contributed by atoms with E-state index in [9.17, 15) is 4.79 Å². The summed E-state index contributed by atoms with van der Waals surface area (Å²) in [5.41, 5.74) is 0.946. The second kappa shape index (κ2) is 3.18. The van der Waals surface area contributed by atoms with Crippen molar-refractivity contribution in [3.8, 4) is 5.75 Å². The molecule has 2 unspecified atom stereocenters. The van der Waals surface area contributed by atoms with E-state index >= 15 is 0 Å². The first-order valence-corrected chi connectivity index (χ1v) is 4.17. The lowest BCUT2D eigenvalue weighted by atomic mass is 10.1. The van der Waals surface area contributed by atoms with Crippen LogP contribution in [0.25, 0.3) is 0 Å². The molecule has 0 aromatic heterocycles. The maximum absolute atomic E-state index is 10.2. The molecule has 1 aromatic rings. The molecule has 1 fully saturated rings. The molecule has 0 aliphatic carbocycles. The summed E-state index contributed by atoms with van der Waals surface area (Å²) in [5.74, 6) is 0.590. The highest BCUT2D eigenvalue weighted by atomic mass is 16.6. The van der Waals surface area contributed by atoms with Crippen molar-refractivity contribution in [1.29, 1.82) is 0 Å². The summed E-state index contributed by atoms with van der Waals surface area (Å²) in [6.07, 6.45) is 0.326. The third-order valence-electron chi connectivity index (χ3n) is 2.11. The maximum atomic E-state index is 10.2. The molecule has 0 amide bonds. The van der Waals surface area contributed by atoms with Gasteiger partial charge in [0.05, 0.1) is 6.10 Å². The van der Waals surface area contributed by atoms with E-state index in [0.29, 0.717) is 12.2 Å². The quantitative estimate of drug-likeness (QED) is 0.522. The normalized spacial score (nSPS) is 25.3. The molecule has 0 saturated carbocycles. The summed E-state index contributed by atoms with van der Waals surface area (Å²) in [6.45, 7) is 2.42. The summed E-state index contributed by atoms with van der Waals surface area (Å²) in [7, 11) is 0.